The third-order valence-electron chi connectivity index (χ3n) is 5.42. The SMILES string of the molecule is CCCCc1ccc(C2=C(Cl)C(=O)C(c3ccc(CCCC)cc3)=C(Cl)C2=O)cc1. The van der Waals surface area contributed by atoms with Crippen LogP contribution in [0.4, 0.5) is 0 Å². The van der Waals surface area contributed by atoms with E-state index in [0.29, 0.717) is 11.1 Å². The number of carbonyl (C=O) groups excluding carboxylic acids is 2. The van der Waals surface area contributed by atoms with Crippen LogP contribution in [0.2, 0.25) is 0 Å². The van der Waals surface area contributed by atoms with Crippen molar-refractivity contribution in [1.82, 2.24) is 0 Å². The maximum absolute atomic E-state index is 13.0. The molecule has 3 rings (SSSR count). The highest BCUT2D eigenvalue weighted by atomic mass is 35.5. The molecule has 4 heteroatoms. The molecule has 0 saturated carbocycles. The van der Waals surface area contributed by atoms with Crippen LogP contribution in [-0.4, -0.2) is 11.6 Å². The predicted octanol–water partition coefficient (Wildman–Crippen LogP) is 7.12. The maximum atomic E-state index is 13.0. The number of hydrogen-bond acceptors (Lipinski definition) is 2. The minimum Gasteiger partial charge on any atom is -0.288 e. The van der Waals surface area contributed by atoms with E-state index in [1.807, 2.05) is 48.5 Å². The maximum Gasteiger partial charge on any atom is 0.207 e. The Balaban J connectivity index is 1.90. The summed E-state index contributed by atoms with van der Waals surface area (Å²) < 4.78 is 0. The smallest absolute Gasteiger partial charge is 0.207 e. The van der Waals surface area contributed by atoms with Crippen LogP contribution in [0.1, 0.15) is 61.8 Å². The highest BCUT2D eigenvalue weighted by Gasteiger charge is 2.34. The molecule has 0 saturated heterocycles. The molecule has 1 aliphatic rings. The van der Waals surface area contributed by atoms with E-state index >= 15 is 0 Å². The number of ketones is 2. The first-order valence-electron chi connectivity index (χ1n) is 10.6. The lowest BCUT2D eigenvalue weighted by Crippen LogP contribution is -2.18. The average Bonchev–Trinajstić information content (AvgIpc) is 2.77. The highest BCUT2D eigenvalue weighted by Crippen LogP contribution is 2.39. The van der Waals surface area contributed by atoms with Crippen molar-refractivity contribution in [2.75, 3.05) is 0 Å². The van der Waals surface area contributed by atoms with Crippen LogP contribution in [0, 0.1) is 0 Å². The van der Waals surface area contributed by atoms with Gasteiger partial charge in [-0.2, -0.15) is 0 Å². The molecule has 156 valence electrons. The number of rotatable bonds is 8. The molecule has 0 aromatic heterocycles. The Bertz CT molecular complexity index is 913. The molecule has 0 aliphatic heterocycles. The number of benzene rings is 2. The Kier molecular flexibility index (Phi) is 7.69. The van der Waals surface area contributed by atoms with Crippen molar-refractivity contribution in [3.63, 3.8) is 0 Å². The van der Waals surface area contributed by atoms with E-state index in [-0.39, 0.29) is 21.2 Å². The Hall–Kier alpha value is -2.16. The fraction of sp³-hybridized carbons (Fsp3) is 0.308. The molecule has 0 unspecified atom stereocenters. The van der Waals surface area contributed by atoms with Crippen molar-refractivity contribution in [3.05, 3.63) is 80.8 Å². The number of hydrogen-bond donors (Lipinski definition) is 0. The van der Waals surface area contributed by atoms with Gasteiger partial charge in [0.25, 0.3) is 0 Å². The molecule has 0 bridgehead atoms. The quantitative estimate of drug-likeness (QED) is 0.409. The number of aryl methyl sites for hydroxylation is 2. The van der Waals surface area contributed by atoms with Crippen molar-refractivity contribution >= 4 is 45.9 Å². The second-order valence-electron chi connectivity index (χ2n) is 7.64. The second-order valence-corrected chi connectivity index (χ2v) is 8.39. The van der Waals surface area contributed by atoms with Crippen molar-refractivity contribution in [2.24, 2.45) is 0 Å². The van der Waals surface area contributed by atoms with Gasteiger partial charge in [-0.25, -0.2) is 0 Å². The van der Waals surface area contributed by atoms with E-state index in [0.717, 1.165) is 38.5 Å². The number of carbonyl (C=O) groups is 2. The third-order valence-corrected chi connectivity index (χ3v) is 6.14. The molecule has 0 fully saturated rings. The lowest BCUT2D eigenvalue weighted by atomic mass is 9.87. The molecule has 0 amide bonds. The fourth-order valence-corrected chi connectivity index (χ4v) is 4.18. The summed E-state index contributed by atoms with van der Waals surface area (Å²) >= 11 is 12.8. The zero-order chi connectivity index (χ0) is 21.7. The minimum atomic E-state index is -0.410. The van der Waals surface area contributed by atoms with Crippen LogP contribution in [0.15, 0.2) is 58.6 Å². The van der Waals surface area contributed by atoms with E-state index < -0.39 is 11.6 Å². The fourth-order valence-electron chi connectivity index (χ4n) is 3.60. The number of halogens is 2. The van der Waals surface area contributed by atoms with Gasteiger partial charge >= 0.3 is 0 Å². The molecule has 2 nitrogen and oxygen atoms in total. The van der Waals surface area contributed by atoms with Crippen molar-refractivity contribution in [1.29, 1.82) is 0 Å². The molecule has 2 aromatic rings. The van der Waals surface area contributed by atoms with Crippen molar-refractivity contribution < 1.29 is 9.59 Å². The molecule has 1 aliphatic carbocycles. The Labute approximate surface area is 188 Å². The second kappa shape index (κ2) is 10.2. The molecule has 2 aromatic carbocycles. The predicted molar refractivity (Wildman–Crippen MR) is 126 cm³/mol. The van der Waals surface area contributed by atoms with Crippen LogP contribution in [0.5, 0.6) is 0 Å². The first-order valence-corrected chi connectivity index (χ1v) is 11.3. The molecule has 0 N–H and O–H groups in total. The van der Waals surface area contributed by atoms with Gasteiger partial charge in [-0.15, -0.1) is 0 Å². The van der Waals surface area contributed by atoms with Gasteiger partial charge in [-0.05, 0) is 47.9 Å². The molecule has 30 heavy (non-hydrogen) atoms. The first kappa shape index (κ1) is 22.5. The van der Waals surface area contributed by atoms with E-state index in [1.54, 1.807) is 0 Å². The Morgan fingerprint density at radius 2 is 0.933 bits per heavy atom. The topological polar surface area (TPSA) is 34.1 Å². The Morgan fingerprint density at radius 3 is 1.23 bits per heavy atom. The summed E-state index contributed by atoms with van der Waals surface area (Å²) in [5.41, 5.74) is 3.97. The number of allylic oxidation sites excluding steroid dienone is 4. The standard InChI is InChI=1S/C26H26Cl2O2/c1-3-5-7-17-9-13-19(14-10-17)21-23(27)26(30)22(24(28)25(21)29)20-15-11-18(12-16-20)8-6-4-2/h9-16H,3-8H2,1-2H3. The summed E-state index contributed by atoms with van der Waals surface area (Å²) in [4.78, 5) is 26.1. The summed E-state index contributed by atoms with van der Waals surface area (Å²) in [6.07, 6.45) is 6.42. The minimum absolute atomic E-state index is 0.0734. The zero-order valence-electron chi connectivity index (χ0n) is 17.4. The summed E-state index contributed by atoms with van der Waals surface area (Å²) in [6.45, 7) is 4.30. The molecule has 0 spiro atoms. The zero-order valence-corrected chi connectivity index (χ0v) is 18.9. The van der Waals surface area contributed by atoms with Crippen LogP contribution in [0.3, 0.4) is 0 Å². The summed E-state index contributed by atoms with van der Waals surface area (Å²) in [5.74, 6) is -0.819. The van der Waals surface area contributed by atoms with Gasteiger partial charge in [-0.1, -0.05) is 98.4 Å². The van der Waals surface area contributed by atoms with Crippen LogP contribution in [0.25, 0.3) is 11.1 Å². The highest BCUT2D eigenvalue weighted by molar-refractivity contribution is 6.68. The van der Waals surface area contributed by atoms with Gasteiger partial charge in [0.15, 0.2) is 0 Å². The van der Waals surface area contributed by atoms with E-state index in [2.05, 4.69) is 13.8 Å². The summed E-state index contributed by atoms with van der Waals surface area (Å²) in [5, 5.41) is -0.147. The number of unbranched alkanes of at least 4 members (excludes halogenated alkanes) is 2. The molecular weight excluding hydrogens is 415 g/mol. The van der Waals surface area contributed by atoms with Gasteiger partial charge in [0.1, 0.15) is 10.1 Å². The van der Waals surface area contributed by atoms with Gasteiger partial charge in [-0.3, -0.25) is 9.59 Å². The van der Waals surface area contributed by atoms with Crippen LogP contribution >= 0.6 is 23.2 Å². The molecule has 0 radical (unpaired) electrons. The van der Waals surface area contributed by atoms with Crippen LogP contribution in [-0.2, 0) is 22.4 Å². The van der Waals surface area contributed by atoms with E-state index in [9.17, 15) is 9.59 Å². The summed E-state index contributed by atoms with van der Waals surface area (Å²) in [7, 11) is 0. The molecule has 0 heterocycles. The third kappa shape index (κ3) is 4.77. The lowest BCUT2D eigenvalue weighted by molar-refractivity contribution is -0.113. The van der Waals surface area contributed by atoms with E-state index in [1.165, 1.54) is 11.1 Å². The van der Waals surface area contributed by atoms with Crippen LogP contribution < -0.4 is 0 Å². The largest absolute Gasteiger partial charge is 0.288 e. The van der Waals surface area contributed by atoms with Gasteiger partial charge < -0.3 is 0 Å². The van der Waals surface area contributed by atoms with Gasteiger partial charge in [0.05, 0.1) is 11.1 Å². The van der Waals surface area contributed by atoms with Gasteiger partial charge in [0.2, 0.25) is 11.6 Å². The Morgan fingerprint density at radius 1 is 0.600 bits per heavy atom. The molecular formula is C26H26Cl2O2. The van der Waals surface area contributed by atoms with E-state index in [4.69, 9.17) is 23.2 Å². The number of Topliss-reactive ketones (excluding diaryl/α,β-unsaturated/α-hetero) is 2. The average molecular weight is 441 g/mol. The van der Waals surface area contributed by atoms with Gasteiger partial charge in [0, 0.05) is 0 Å². The monoisotopic (exact) mass is 440 g/mol. The van der Waals surface area contributed by atoms with Crippen molar-refractivity contribution in [2.45, 2.75) is 52.4 Å². The first-order chi connectivity index (χ1) is 14.5. The van der Waals surface area contributed by atoms with Crippen molar-refractivity contribution in [3.8, 4) is 0 Å². The molecule has 0 atom stereocenters. The normalized spacial score (nSPS) is 14.7. The summed E-state index contributed by atoms with van der Waals surface area (Å²) in [6, 6.07) is 15.3. The lowest BCUT2D eigenvalue weighted by Gasteiger charge is -2.19.